The number of rotatable bonds is 7. The van der Waals surface area contributed by atoms with E-state index in [1.807, 2.05) is 11.3 Å². The van der Waals surface area contributed by atoms with Crippen molar-refractivity contribution >= 4 is 38.4 Å². The molecule has 2 nitrogen and oxygen atoms in total. The molecule has 0 aliphatic carbocycles. The predicted octanol–water partition coefficient (Wildman–Crippen LogP) is 12.6. The average molecular weight is 761 g/mol. The number of aromatic nitrogens is 1. The molecule has 42 heavy (non-hydrogen) atoms. The van der Waals surface area contributed by atoms with Crippen LogP contribution < -0.4 is 0 Å². The zero-order chi connectivity index (χ0) is 27.1. The molecular weight excluding hydrogens is 715 g/mol. The van der Waals surface area contributed by atoms with Crippen LogP contribution in [0, 0.1) is 50.0 Å². The van der Waals surface area contributed by atoms with Crippen molar-refractivity contribution in [3.8, 4) is 11.3 Å². The third kappa shape index (κ3) is 7.34. The van der Waals surface area contributed by atoms with E-state index in [0.717, 1.165) is 16.4 Å². The van der Waals surface area contributed by atoms with Crippen LogP contribution in [-0.4, -0.2) is 4.98 Å². The Morgan fingerprint density at radius 1 is 0.762 bits per heavy atom. The molecular formula is C37H46HfN2S2. The smallest absolute Gasteiger partial charge is 0.672 e. The number of hydrogen-bond donors (Lipinski definition) is 0. The molecule has 0 N–H and O–H groups in total. The number of nitrogens with zero attached hydrogens (tertiary/aromatic N) is 2. The van der Waals surface area contributed by atoms with E-state index in [1.165, 1.54) is 53.9 Å². The first-order valence-electron chi connectivity index (χ1n) is 13.5. The Kier molecular flexibility index (Phi) is 14.1. The summed E-state index contributed by atoms with van der Waals surface area (Å²) in [5.74, 6) is 0.778. The number of thiophene rings is 1. The minimum Gasteiger partial charge on any atom is -0.672 e. The quantitative estimate of drug-likeness (QED) is 0.120. The fourth-order valence-electron chi connectivity index (χ4n) is 5.67. The summed E-state index contributed by atoms with van der Waals surface area (Å²) in [7, 11) is 0. The number of thiazole rings is 1. The van der Waals surface area contributed by atoms with E-state index in [-0.39, 0.29) is 54.2 Å². The first kappa shape index (κ1) is 37.9. The van der Waals surface area contributed by atoms with Crippen molar-refractivity contribution in [1.82, 2.24) is 4.98 Å². The van der Waals surface area contributed by atoms with E-state index in [0.29, 0.717) is 11.8 Å². The number of benzene rings is 3. The van der Waals surface area contributed by atoms with Crippen LogP contribution in [0.5, 0.6) is 0 Å². The van der Waals surface area contributed by atoms with Crippen molar-refractivity contribution in [3.05, 3.63) is 131 Å². The van der Waals surface area contributed by atoms with Gasteiger partial charge in [-0.3, -0.25) is 0 Å². The Bertz CT molecular complexity index is 1560. The van der Waals surface area contributed by atoms with Crippen molar-refractivity contribution < 1.29 is 25.8 Å². The normalized spacial score (nSPS) is 11.4. The SMILES string of the molecule is Cc1cc(C)c(C([N-]c2c(C(C)C)cccc2C(C)C)c2nc(-c3c(C)sc4ccccc34)cs2)c(C)c1.[CH3-].[CH3-].[CH3-].[Hf+4]. The van der Waals surface area contributed by atoms with Crippen LogP contribution in [0.3, 0.4) is 0 Å². The van der Waals surface area contributed by atoms with Gasteiger partial charge in [0.15, 0.2) is 0 Å². The van der Waals surface area contributed by atoms with Gasteiger partial charge in [0.05, 0.1) is 10.7 Å². The number of hydrogen-bond acceptors (Lipinski definition) is 3. The Balaban J connectivity index is 0.00000220. The molecule has 3 aromatic carbocycles. The number of para-hydroxylation sites is 1. The summed E-state index contributed by atoms with van der Waals surface area (Å²) in [5.41, 5.74) is 11.2. The second-order valence-electron chi connectivity index (χ2n) is 11.0. The maximum Gasteiger partial charge on any atom is 4.00 e. The zero-order valence-electron chi connectivity index (χ0n) is 27.2. The van der Waals surface area contributed by atoms with E-state index in [9.17, 15) is 0 Å². The fraction of sp³-hybridized carbons (Fsp3) is 0.297. The van der Waals surface area contributed by atoms with Gasteiger partial charge in [0, 0.05) is 25.9 Å². The molecule has 2 heterocycles. The van der Waals surface area contributed by atoms with E-state index in [2.05, 4.69) is 115 Å². The first-order chi connectivity index (χ1) is 18.2. The van der Waals surface area contributed by atoms with Crippen LogP contribution in [0.15, 0.2) is 60.0 Å². The molecule has 0 aliphatic heterocycles. The largest absolute Gasteiger partial charge is 4.00 e. The zero-order valence-corrected chi connectivity index (χ0v) is 32.4. The number of fused-ring (bicyclic) bond motifs is 1. The van der Waals surface area contributed by atoms with Gasteiger partial charge in [-0.2, -0.15) is 0 Å². The van der Waals surface area contributed by atoms with Crippen LogP contribution in [0.2, 0.25) is 0 Å². The van der Waals surface area contributed by atoms with E-state index in [1.54, 1.807) is 11.3 Å². The van der Waals surface area contributed by atoms with Crippen molar-refractivity contribution in [2.75, 3.05) is 0 Å². The summed E-state index contributed by atoms with van der Waals surface area (Å²) in [4.78, 5) is 6.63. The Labute approximate surface area is 282 Å². The van der Waals surface area contributed by atoms with Gasteiger partial charge >= 0.3 is 25.8 Å². The van der Waals surface area contributed by atoms with Gasteiger partial charge in [0.25, 0.3) is 0 Å². The average Bonchev–Trinajstić information content (AvgIpc) is 3.46. The Hall–Kier alpha value is -2.08. The van der Waals surface area contributed by atoms with Crippen LogP contribution in [0.25, 0.3) is 26.7 Å². The monoisotopic (exact) mass is 762 g/mol. The molecule has 5 heteroatoms. The van der Waals surface area contributed by atoms with E-state index >= 15 is 0 Å². The summed E-state index contributed by atoms with van der Waals surface area (Å²) < 4.78 is 1.31. The minimum absolute atomic E-state index is 0. The molecule has 0 saturated heterocycles. The van der Waals surface area contributed by atoms with Gasteiger partial charge in [-0.1, -0.05) is 92.9 Å². The molecule has 1 atom stereocenters. The Morgan fingerprint density at radius 3 is 1.90 bits per heavy atom. The molecule has 220 valence electrons. The number of aryl methyl sites for hydroxylation is 4. The molecule has 5 aromatic rings. The minimum atomic E-state index is -0.156. The standard InChI is InChI=1S/C34H37N2S2.3CH3.Hf/c1-19(2)25-13-11-14-26(20(3)4)32(25)36-33(30-22(6)16-21(5)17-23(30)7)34-35-28(18-37-34)31-24(8)38-29-15-10-9-12-27(29)31;;;;/h9-20,33H,1-8H3;3*1H3;/q4*-1;+4. The van der Waals surface area contributed by atoms with E-state index in [4.69, 9.17) is 10.3 Å². The molecule has 0 radical (unpaired) electrons. The third-order valence-electron chi connectivity index (χ3n) is 7.40. The van der Waals surface area contributed by atoms with Gasteiger partial charge in [-0.15, -0.1) is 28.4 Å². The fourth-order valence-corrected chi connectivity index (χ4v) is 7.60. The molecule has 0 spiro atoms. The molecule has 1 unspecified atom stereocenters. The van der Waals surface area contributed by atoms with Gasteiger partial charge in [0.2, 0.25) is 0 Å². The van der Waals surface area contributed by atoms with E-state index < -0.39 is 0 Å². The molecule has 0 amide bonds. The predicted molar refractivity (Wildman–Crippen MR) is 187 cm³/mol. The second-order valence-corrected chi connectivity index (χ2v) is 13.2. The van der Waals surface area contributed by atoms with Gasteiger partial charge in [-0.25, -0.2) is 4.98 Å². The topological polar surface area (TPSA) is 27.0 Å². The van der Waals surface area contributed by atoms with Crippen molar-refractivity contribution in [2.45, 2.75) is 73.3 Å². The summed E-state index contributed by atoms with van der Waals surface area (Å²) in [6, 6.07) is 19.8. The summed E-state index contributed by atoms with van der Waals surface area (Å²) >= 11 is 3.59. The Morgan fingerprint density at radius 2 is 1.33 bits per heavy atom. The summed E-state index contributed by atoms with van der Waals surface area (Å²) in [6.07, 6.45) is 0. The van der Waals surface area contributed by atoms with Gasteiger partial charge in [-0.05, 0) is 68.3 Å². The van der Waals surface area contributed by atoms with Crippen LogP contribution >= 0.6 is 22.7 Å². The van der Waals surface area contributed by atoms with Gasteiger partial charge in [0.1, 0.15) is 0 Å². The molecule has 2 aromatic heterocycles. The molecule has 5 rings (SSSR count). The van der Waals surface area contributed by atoms with Crippen molar-refractivity contribution in [3.63, 3.8) is 0 Å². The third-order valence-corrected chi connectivity index (χ3v) is 9.38. The molecule has 0 aliphatic rings. The van der Waals surface area contributed by atoms with Gasteiger partial charge < -0.3 is 27.6 Å². The molecule has 0 fully saturated rings. The maximum absolute atomic E-state index is 5.62. The second kappa shape index (κ2) is 15.6. The maximum atomic E-state index is 5.62. The van der Waals surface area contributed by atoms with Crippen molar-refractivity contribution in [1.29, 1.82) is 0 Å². The van der Waals surface area contributed by atoms with Crippen LogP contribution in [0.4, 0.5) is 5.69 Å². The van der Waals surface area contributed by atoms with Crippen LogP contribution in [0.1, 0.15) is 88.8 Å². The summed E-state index contributed by atoms with van der Waals surface area (Å²) in [5, 5.41) is 10.2. The van der Waals surface area contributed by atoms with Crippen LogP contribution in [-0.2, 0) is 25.8 Å². The van der Waals surface area contributed by atoms with Crippen molar-refractivity contribution in [2.24, 2.45) is 0 Å². The molecule has 0 saturated carbocycles. The molecule has 0 bridgehead atoms. The first-order valence-corrected chi connectivity index (χ1v) is 15.2. The summed E-state index contributed by atoms with van der Waals surface area (Å²) in [6.45, 7) is 17.9.